The molecule has 2 amide bonds. The van der Waals surface area contributed by atoms with E-state index in [1.54, 1.807) is 23.0 Å². The molecule has 28 heavy (non-hydrogen) atoms. The van der Waals surface area contributed by atoms with Gasteiger partial charge in [0.15, 0.2) is 0 Å². The van der Waals surface area contributed by atoms with E-state index in [4.69, 9.17) is 4.74 Å². The zero-order chi connectivity index (χ0) is 20.9. The van der Waals surface area contributed by atoms with Gasteiger partial charge in [-0.15, -0.1) is 0 Å². The van der Waals surface area contributed by atoms with Crippen LogP contribution in [0.3, 0.4) is 0 Å². The van der Waals surface area contributed by atoms with Crippen LogP contribution < -0.4 is 9.80 Å². The number of hydrogen-bond donors (Lipinski definition) is 0. The number of pyridine rings is 1. The first-order valence-corrected chi connectivity index (χ1v) is 9.32. The second-order valence-electron chi connectivity index (χ2n) is 7.96. The molecule has 1 aromatic carbocycles. The van der Waals surface area contributed by atoms with E-state index < -0.39 is 5.60 Å². The summed E-state index contributed by atoms with van der Waals surface area (Å²) in [6, 6.07) is 9.80. The molecule has 0 radical (unpaired) electrons. The molecule has 2 heterocycles. The molecule has 0 fully saturated rings. The molecule has 0 saturated carbocycles. The fourth-order valence-corrected chi connectivity index (χ4v) is 2.96. The molecular formula is C22H29N3O3. The number of fused-ring (bicyclic) bond motifs is 1. The van der Waals surface area contributed by atoms with Crippen LogP contribution in [0.25, 0.3) is 0 Å². The number of ether oxygens (including phenoxy) is 1. The van der Waals surface area contributed by atoms with Gasteiger partial charge in [-0.2, -0.15) is 0 Å². The molecule has 1 aromatic heterocycles. The molecule has 1 aliphatic heterocycles. The van der Waals surface area contributed by atoms with Crippen molar-refractivity contribution < 1.29 is 14.3 Å². The van der Waals surface area contributed by atoms with Gasteiger partial charge in [0.1, 0.15) is 5.60 Å². The van der Waals surface area contributed by atoms with Gasteiger partial charge in [-0.05, 0) is 70.4 Å². The number of amides is 2. The van der Waals surface area contributed by atoms with Crippen LogP contribution in [-0.2, 0) is 16.0 Å². The Balaban J connectivity index is 0.000000221. The maximum absolute atomic E-state index is 12.1. The molecule has 0 aliphatic carbocycles. The van der Waals surface area contributed by atoms with Crippen molar-refractivity contribution in [3.05, 3.63) is 53.9 Å². The molecule has 0 N–H and O–H groups in total. The Hall–Kier alpha value is -2.89. The highest BCUT2D eigenvalue weighted by Gasteiger charge is 2.33. The standard InChI is InChI=1S/C13H18N2O2.C9H11NO/c1-9-7-10-8-14-6-5-11(10)15(9)12(16)17-13(2,3)4;1-8-4-3-5-9(6-8)10(2)7-11/h5-6,8-9H,7H2,1-4H3;3-7H,1-2H3. The van der Waals surface area contributed by atoms with E-state index in [9.17, 15) is 9.59 Å². The number of hydrogen-bond acceptors (Lipinski definition) is 4. The SMILES string of the molecule is CC1Cc2cnccc2N1C(=O)OC(C)(C)C.Cc1cccc(N(C)C=O)c1. The van der Waals surface area contributed by atoms with Crippen LogP contribution in [0.15, 0.2) is 42.7 Å². The Morgan fingerprint density at radius 3 is 2.64 bits per heavy atom. The lowest BCUT2D eigenvalue weighted by Crippen LogP contribution is -2.40. The van der Waals surface area contributed by atoms with Crippen LogP contribution in [-0.4, -0.2) is 36.2 Å². The lowest BCUT2D eigenvalue weighted by molar-refractivity contribution is -0.107. The summed E-state index contributed by atoms with van der Waals surface area (Å²) in [5.74, 6) is 0. The van der Waals surface area contributed by atoms with Crippen molar-refractivity contribution in [2.24, 2.45) is 0 Å². The highest BCUT2D eigenvalue weighted by Crippen LogP contribution is 2.32. The summed E-state index contributed by atoms with van der Waals surface area (Å²) in [5, 5.41) is 0. The number of anilines is 2. The zero-order valence-electron chi connectivity index (χ0n) is 17.5. The van der Waals surface area contributed by atoms with E-state index in [1.165, 1.54) is 0 Å². The lowest BCUT2D eigenvalue weighted by atomic mass is 10.2. The summed E-state index contributed by atoms with van der Waals surface area (Å²) in [6.07, 6.45) is 4.87. The molecule has 150 valence electrons. The number of benzene rings is 1. The van der Waals surface area contributed by atoms with E-state index in [2.05, 4.69) is 4.98 Å². The van der Waals surface area contributed by atoms with Crippen molar-refractivity contribution in [3.63, 3.8) is 0 Å². The van der Waals surface area contributed by atoms with E-state index in [1.807, 2.05) is 71.1 Å². The average molecular weight is 383 g/mol. The molecule has 6 nitrogen and oxygen atoms in total. The second-order valence-corrected chi connectivity index (χ2v) is 7.96. The minimum absolute atomic E-state index is 0.129. The normalized spacial score (nSPS) is 15.2. The quantitative estimate of drug-likeness (QED) is 0.723. The molecule has 2 aromatic rings. The first-order valence-electron chi connectivity index (χ1n) is 9.32. The monoisotopic (exact) mass is 383 g/mol. The lowest BCUT2D eigenvalue weighted by Gasteiger charge is -2.27. The third-order valence-electron chi connectivity index (χ3n) is 4.25. The van der Waals surface area contributed by atoms with Crippen LogP contribution in [0.4, 0.5) is 16.2 Å². The number of carbonyl (C=O) groups is 2. The molecule has 6 heteroatoms. The highest BCUT2D eigenvalue weighted by atomic mass is 16.6. The molecule has 0 saturated heterocycles. The van der Waals surface area contributed by atoms with Crippen molar-refractivity contribution in [1.29, 1.82) is 0 Å². The highest BCUT2D eigenvalue weighted by molar-refractivity contribution is 5.91. The fraction of sp³-hybridized carbons (Fsp3) is 0.409. The second kappa shape index (κ2) is 8.87. The third-order valence-corrected chi connectivity index (χ3v) is 4.25. The van der Waals surface area contributed by atoms with Crippen LogP contribution >= 0.6 is 0 Å². The number of rotatable bonds is 2. The van der Waals surface area contributed by atoms with Gasteiger partial charge in [0.25, 0.3) is 0 Å². The van der Waals surface area contributed by atoms with Gasteiger partial charge in [0.2, 0.25) is 6.41 Å². The number of aromatic nitrogens is 1. The van der Waals surface area contributed by atoms with Gasteiger partial charge in [-0.25, -0.2) is 4.79 Å². The molecule has 1 aliphatic rings. The summed E-state index contributed by atoms with van der Waals surface area (Å²) in [4.78, 5) is 29.8. The van der Waals surface area contributed by atoms with Crippen molar-refractivity contribution in [1.82, 2.24) is 4.98 Å². The molecule has 3 rings (SSSR count). The van der Waals surface area contributed by atoms with Crippen LogP contribution in [0.5, 0.6) is 0 Å². The molecule has 0 spiro atoms. The fourth-order valence-electron chi connectivity index (χ4n) is 2.96. The largest absolute Gasteiger partial charge is 0.443 e. The molecule has 0 bridgehead atoms. The van der Waals surface area contributed by atoms with Crippen molar-refractivity contribution in [3.8, 4) is 0 Å². The van der Waals surface area contributed by atoms with Crippen LogP contribution in [0.2, 0.25) is 0 Å². The summed E-state index contributed by atoms with van der Waals surface area (Å²) in [7, 11) is 1.74. The van der Waals surface area contributed by atoms with Crippen molar-refractivity contribution in [2.45, 2.75) is 52.7 Å². The summed E-state index contributed by atoms with van der Waals surface area (Å²) >= 11 is 0. The summed E-state index contributed by atoms with van der Waals surface area (Å²) in [6.45, 7) is 9.64. The van der Waals surface area contributed by atoms with Crippen LogP contribution in [0, 0.1) is 6.92 Å². The summed E-state index contributed by atoms with van der Waals surface area (Å²) in [5.41, 5.74) is 3.65. The van der Waals surface area contributed by atoms with E-state index >= 15 is 0 Å². The van der Waals surface area contributed by atoms with Gasteiger partial charge in [0, 0.05) is 31.2 Å². The minimum atomic E-state index is -0.466. The number of carbonyl (C=O) groups excluding carboxylic acids is 2. The Labute approximate surface area is 167 Å². The Bertz CT molecular complexity index is 830. The smallest absolute Gasteiger partial charge is 0.415 e. The summed E-state index contributed by atoms with van der Waals surface area (Å²) < 4.78 is 5.42. The maximum atomic E-state index is 12.1. The van der Waals surface area contributed by atoms with Crippen molar-refractivity contribution >= 4 is 23.9 Å². The van der Waals surface area contributed by atoms with Gasteiger partial charge < -0.3 is 9.64 Å². The van der Waals surface area contributed by atoms with Crippen molar-refractivity contribution in [2.75, 3.05) is 16.8 Å². The number of nitrogens with zero attached hydrogens (tertiary/aromatic N) is 3. The molecule has 1 atom stereocenters. The predicted molar refractivity (Wildman–Crippen MR) is 112 cm³/mol. The zero-order valence-corrected chi connectivity index (χ0v) is 17.5. The third kappa shape index (κ3) is 5.55. The molecular weight excluding hydrogens is 354 g/mol. The van der Waals surface area contributed by atoms with Gasteiger partial charge in [-0.1, -0.05) is 12.1 Å². The Morgan fingerprint density at radius 2 is 2.04 bits per heavy atom. The van der Waals surface area contributed by atoms with E-state index in [0.29, 0.717) is 0 Å². The Morgan fingerprint density at radius 1 is 1.32 bits per heavy atom. The first kappa shape index (κ1) is 21.4. The minimum Gasteiger partial charge on any atom is -0.443 e. The van der Waals surface area contributed by atoms with Gasteiger partial charge in [-0.3, -0.25) is 14.7 Å². The first-order chi connectivity index (χ1) is 13.1. The predicted octanol–water partition coefficient (Wildman–Crippen LogP) is 4.36. The van der Waals surface area contributed by atoms with Crippen LogP contribution in [0.1, 0.15) is 38.8 Å². The van der Waals surface area contributed by atoms with Gasteiger partial charge in [0.05, 0.1) is 5.69 Å². The van der Waals surface area contributed by atoms with E-state index in [-0.39, 0.29) is 12.1 Å². The Kier molecular flexibility index (Phi) is 6.78. The maximum Gasteiger partial charge on any atom is 0.415 e. The topological polar surface area (TPSA) is 62.7 Å². The van der Waals surface area contributed by atoms with Gasteiger partial charge >= 0.3 is 6.09 Å². The number of aryl methyl sites for hydroxylation is 1. The average Bonchev–Trinajstić information content (AvgIpc) is 2.96. The van der Waals surface area contributed by atoms with E-state index in [0.717, 1.165) is 35.3 Å². The molecule has 1 unspecified atom stereocenters.